The molecule has 0 saturated carbocycles. The van der Waals surface area contributed by atoms with E-state index in [1.165, 1.54) is 23.0 Å². The van der Waals surface area contributed by atoms with Crippen LogP contribution < -0.4 is 15.9 Å². The highest BCUT2D eigenvalue weighted by molar-refractivity contribution is 5.95. The number of morpholine rings is 1. The highest BCUT2D eigenvalue weighted by atomic mass is 16.5. The first-order valence-electron chi connectivity index (χ1n) is 8.81. The van der Waals surface area contributed by atoms with Crippen LogP contribution in [0, 0.1) is 0 Å². The van der Waals surface area contributed by atoms with Gasteiger partial charge in [0.2, 0.25) is 0 Å². The molecule has 0 aliphatic carbocycles. The Morgan fingerprint density at radius 1 is 1.18 bits per heavy atom. The SMILES string of the molecule is O=C(NN=Cc1c(N2CCOCC2)nc2ccccn2c1=O)c1ccncc1. The van der Waals surface area contributed by atoms with Crippen LogP contribution in [0.2, 0.25) is 0 Å². The summed E-state index contributed by atoms with van der Waals surface area (Å²) < 4.78 is 6.85. The number of pyridine rings is 2. The maximum atomic E-state index is 13.0. The lowest BCUT2D eigenvalue weighted by atomic mass is 10.2. The van der Waals surface area contributed by atoms with Crippen LogP contribution in [0.4, 0.5) is 5.82 Å². The van der Waals surface area contributed by atoms with Crippen molar-refractivity contribution in [3.63, 3.8) is 0 Å². The number of amides is 1. The smallest absolute Gasteiger partial charge is 0.271 e. The Morgan fingerprint density at radius 2 is 1.96 bits per heavy atom. The number of carbonyl (C=O) groups is 1. The molecule has 3 aromatic rings. The summed E-state index contributed by atoms with van der Waals surface area (Å²) in [6, 6.07) is 8.52. The molecular formula is C19H18N6O3. The summed E-state index contributed by atoms with van der Waals surface area (Å²) in [4.78, 5) is 35.6. The number of hydrazone groups is 1. The molecule has 3 aromatic heterocycles. The second-order valence-electron chi connectivity index (χ2n) is 6.12. The van der Waals surface area contributed by atoms with Crippen LogP contribution in [0.1, 0.15) is 15.9 Å². The molecule has 4 rings (SSSR count). The van der Waals surface area contributed by atoms with E-state index in [0.717, 1.165) is 0 Å². The zero-order valence-electron chi connectivity index (χ0n) is 15.0. The Labute approximate surface area is 160 Å². The van der Waals surface area contributed by atoms with Crippen LogP contribution in [-0.4, -0.2) is 52.8 Å². The van der Waals surface area contributed by atoms with Crippen LogP contribution in [0.25, 0.3) is 5.65 Å². The molecule has 1 N–H and O–H groups in total. The molecule has 0 unspecified atom stereocenters. The molecule has 142 valence electrons. The molecule has 0 spiro atoms. The molecule has 9 nitrogen and oxygen atoms in total. The van der Waals surface area contributed by atoms with Gasteiger partial charge in [0.05, 0.1) is 19.4 Å². The number of hydrogen-bond donors (Lipinski definition) is 1. The summed E-state index contributed by atoms with van der Waals surface area (Å²) in [5, 5.41) is 3.98. The number of ether oxygens (including phenoxy) is 1. The average molecular weight is 378 g/mol. The van der Waals surface area contributed by atoms with Gasteiger partial charge in [-0.05, 0) is 24.3 Å². The van der Waals surface area contributed by atoms with Crippen molar-refractivity contribution in [2.75, 3.05) is 31.2 Å². The number of fused-ring (bicyclic) bond motifs is 1. The lowest BCUT2D eigenvalue weighted by Crippen LogP contribution is -2.39. The minimum atomic E-state index is -0.388. The molecule has 1 amide bonds. The maximum Gasteiger partial charge on any atom is 0.271 e. The first-order valence-corrected chi connectivity index (χ1v) is 8.81. The molecule has 0 atom stereocenters. The van der Waals surface area contributed by atoms with Crippen molar-refractivity contribution >= 4 is 23.6 Å². The Kier molecular flexibility index (Phi) is 5.07. The van der Waals surface area contributed by atoms with E-state index in [2.05, 4.69) is 20.5 Å². The van der Waals surface area contributed by atoms with Crippen LogP contribution in [0.15, 0.2) is 58.8 Å². The van der Waals surface area contributed by atoms with E-state index in [4.69, 9.17) is 4.74 Å². The first-order chi connectivity index (χ1) is 13.7. The molecule has 0 aromatic carbocycles. The summed E-state index contributed by atoms with van der Waals surface area (Å²) in [7, 11) is 0. The number of anilines is 1. The van der Waals surface area contributed by atoms with Crippen molar-refractivity contribution in [1.29, 1.82) is 0 Å². The second-order valence-corrected chi connectivity index (χ2v) is 6.12. The van der Waals surface area contributed by atoms with Gasteiger partial charge in [0.1, 0.15) is 17.0 Å². The van der Waals surface area contributed by atoms with E-state index in [1.54, 1.807) is 30.5 Å². The molecule has 1 saturated heterocycles. The van der Waals surface area contributed by atoms with E-state index in [9.17, 15) is 9.59 Å². The summed E-state index contributed by atoms with van der Waals surface area (Å²) in [6.07, 6.45) is 6.04. The Bertz CT molecular complexity index is 1070. The van der Waals surface area contributed by atoms with Gasteiger partial charge in [-0.15, -0.1) is 0 Å². The summed E-state index contributed by atoms with van der Waals surface area (Å²) in [6.45, 7) is 2.37. The van der Waals surface area contributed by atoms with Gasteiger partial charge < -0.3 is 9.64 Å². The summed E-state index contributed by atoms with van der Waals surface area (Å²) in [5.41, 5.74) is 3.46. The lowest BCUT2D eigenvalue weighted by Gasteiger charge is -2.28. The van der Waals surface area contributed by atoms with E-state index in [-0.39, 0.29) is 11.5 Å². The van der Waals surface area contributed by atoms with Crippen LogP contribution >= 0.6 is 0 Å². The predicted octanol–water partition coefficient (Wildman–Crippen LogP) is 0.690. The third-order valence-electron chi connectivity index (χ3n) is 4.36. The molecule has 4 heterocycles. The number of nitrogens with one attached hydrogen (secondary N) is 1. The van der Waals surface area contributed by atoms with Crippen LogP contribution in [0.5, 0.6) is 0 Å². The fourth-order valence-corrected chi connectivity index (χ4v) is 2.94. The van der Waals surface area contributed by atoms with Gasteiger partial charge in [0, 0.05) is 37.2 Å². The van der Waals surface area contributed by atoms with Crippen molar-refractivity contribution in [2.45, 2.75) is 0 Å². The van der Waals surface area contributed by atoms with E-state index >= 15 is 0 Å². The van der Waals surface area contributed by atoms with Crippen LogP contribution in [-0.2, 0) is 4.74 Å². The fraction of sp³-hybridized carbons (Fsp3) is 0.211. The number of carbonyl (C=O) groups excluding carboxylic acids is 1. The van der Waals surface area contributed by atoms with Crippen molar-refractivity contribution < 1.29 is 9.53 Å². The fourth-order valence-electron chi connectivity index (χ4n) is 2.94. The Morgan fingerprint density at radius 3 is 2.75 bits per heavy atom. The molecule has 0 radical (unpaired) electrons. The van der Waals surface area contributed by atoms with Gasteiger partial charge in [0.15, 0.2) is 0 Å². The van der Waals surface area contributed by atoms with Crippen molar-refractivity contribution in [1.82, 2.24) is 19.8 Å². The van der Waals surface area contributed by atoms with E-state index < -0.39 is 0 Å². The lowest BCUT2D eigenvalue weighted by molar-refractivity contribution is 0.0955. The van der Waals surface area contributed by atoms with Gasteiger partial charge in [0.25, 0.3) is 11.5 Å². The van der Waals surface area contributed by atoms with Crippen molar-refractivity contribution in [3.05, 3.63) is 70.4 Å². The topological polar surface area (TPSA) is 101 Å². The number of aromatic nitrogens is 3. The third-order valence-corrected chi connectivity index (χ3v) is 4.36. The van der Waals surface area contributed by atoms with E-state index in [0.29, 0.717) is 48.9 Å². The highest BCUT2D eigenvalue weighted by Crippen LogP contribution is 2.16. The largest absolute Gasteiger partial charge is 0.378 e. The third kappa shape index (κ3) is 3.60. The maximum absolute atomic E-state index is 13.0. The van der Waals surface area contributed by atoms with Gasteiger partial charge in [-0.2, -0.15) is 5.10 Å². The van der Waals surface area contributed by atoms with Crippen LogP contribution in [0.3, 0.4) is 0 Å². The quantitative estimate of drug-likeness (QED) is 0.530. The molecule has 28 heavy (non-hydrogen) atoms. The standard InChI is InChI=1S/C19H18N6O3/c26-18(14-4-6-20-7-5-14)23-21-13-15-17(24-9-11-28-12-10-24)22-16-3-1-2-8-25(16)19(15)27/h1-8,13H,9-12H2,(H,23,26). The molecule has 1 aliphatic rings. The zero-order valence-corrected chi connectivity index (χ0v) is 15.0. The molecule has 1 fully saturated rings. The van der Waals surface area contributed by atoms with E-state index in [1.807, 2.05) is 11.0 Å². The zero-order chi connectivity index (χ0) is 19.3. The van der Waals surface area contributed by atoms with Crippen molar-refractivity contribution in [2.24, 2.45) is 5.10 Å². The van der Waals surface area contributed by atoms with Crippen molar-refractivity contribution in [3.8, 4) is 0 Å². The highest BCUT2D eigenvalue weighted by Gasteiger charge is 2.19. The van der Waals surface area contributed by atoms with Gasteiger partial charge in [-0.3, -0.25) is 19.0 Å². The van der Waals surface area contributed by atoms with Gasteiger partial charge >= 0.3 is 0 Å². The average Bonchev–Trinajstić information content (AvgIpc) is 2.76. The monoisotopic (exact) mass is 378 g/mol. The first kappa shape index (κ1) is 17.8. The molecule has 0 bridgehead atoms. The Balaban J connectivity index is 1.69. The molecule has 9 heteroatoms. The number of hydrogen-bond acceptors (Lipinski definition) is 7. The molecule has 1 aliphatic heterocycles. The Hall–Kier alpha value is -3.59. The minimum Gasteiger partial charge on any atom is -0.378 e. The summed E-state index contributed by atoms with van der Waals surface area (Å²) >= 11 is 0. The number of rotatable bonds is 4. The minimum absolute atomic E-state index is 0.256. The van der Waals surface area contributed by atoms with Gasteiger partial charge in [-0.1, -0.05) is 6.07 Å². The molecular weight excluding hydrogens is 360 g/mol. The second kappa shape index (κ2) is 7.97. The van der Waals surface area contributed by atoms with Gasteiger partial charge in [-0.25, -0.2) is 10.4 Å². The normalized spacial score (nSPS) is 14.5. The number of nitrogens with zero attached hydrogens (tertiary/aromatic N) is 5. The summed E-state index contributed by atoms with van der Waals surface area (Å²) in [5.74, 6) is 0.141. The predicted molar refractivity (Wildman–Crippen MR) is 104 cm³/mol.